The van der Waals surface area contributed by atoms with Crippen LogP contribution in [0.3, 0.4) is 0 Å². The minimum Gasteiger partial charge on any atom is -0.469 e. The average Bonchev–Trinajstić information content (AvgIpc) is 3.16. The van der Waals surface area contributed by atoms with Crippen LogP contribution in [0.1, 0.15) is 28.3 Å². The number of benzene rings is 2. The number of esters is 1. The van der Waals surface area contributed by atoms with Gasteiger partial charge in [0.25, 0.3) is 5.91 Å². The van der Waals surface area contributed by atoms with Gasteiger partial charge in [0, 0.05) is 16.6 Å². The van der Waals surface area contributed by atoms with Gasteiger partial charge in [-0.3, -0.25) is 9.59 Å². The molecule has 10 heteroatoms. The Labute approximate surface area is 186 Å². The molecule has 0 heterocycles. The van der Waals surface area contributed by atoms with Gasteiger partial charge in [-0.15, -0.1) is 13.2 Å². The molecular formula is C22H18ClF4NO4. The summed E-state index contributed by atoms with van der Waals surface area (Å²) in [5, 5.41) is 2.83. The lowest BCUT2D eigenvalue weighted by Gasteiger charge is -2.23. The fourth-order valence-electron chi connectivity index (χ4n) is 3.55. The average molecular weight is 472 g/mol. The zero-order valence-corrected chi connectivity index (χ0v) is 17.4. The number of hydrogen-bond acceptors (Lipinski definition) is 4. The summed E-state index contributed by atoms with van der Waals surface area (Å²) in [5.74, 6) is -3.22. The molecule has 3 unspecified atom stereocenters. The van der Waals surface area contributed by atoms with Gasteiger partial charge >= 0.3 is 12.3 Å². The Morgan fingerprint density at radius 1 is 1.12 bits per heavy atom. The number of carbonyl (C=O) groups is 2. The van der Waals surface area contributed by atoms with Gasteiger partial charge in [0.2, 0.25) is 0 Å². The lowest BCUT2D eigenvalue weighted by Crippen LogP contribution is -2.33. The molecule has 1 aliphatic rings. The Balaban J connectivity index is 1.68. The number of carbonyl (C=O) groups excluding carboxylic acids is 2. The van der Waals surface area contributed by atoms with Crippen LogP contribution in [-0.4, -0.2) is 31.4 Å². The summed E-state index contributed by atoms with van der Waals surface area (Å²) >= 11 is 6.14. The first kappa shape index (κ1) is 23.6. The Kier molecular flexibility index (Phi) is 7.08. The van der Waals surface area contributed by atoms with Crippen LogP contribution in [0.5, 0.6) is 5.75 Å². The number of alkyl halides is 3. The number of hydrogen-bond donors (Lipinski definition) is 1. The maximum Gasteiger partial charge on any atom is 0.573 e. The topological polar surface area (TPSA) is 64.6 Å². The highest BCUT2D eigenvalue weighted by molar-refractivity contribution is 6.31. The van der Waals surface area contributed by atoms with E-state index >= 15 is 0 Å². The number of amides is 1. The molecule has 0 bridgehead atoms. The van der Waals surface area contributed by atoms with Gasteiger partial charge in [-0.2, -0.15) is 0 Å². The zero-order chi connectivity index (χ0) is 23.5. The molecule has 3 atom stereocenters. The predicted molar refractivity (Wildman–Crippen MR) is 108 cm³/mol. The summed E-state index contributed by atoms with van der Waals surface area (Å²) in [6.07, 6.45) is -1.03. The third-order valence-electron chi connectivity index (χ3n) is 4.96. The molecule has 0 radical (unpaired) electrons. The molecule has 1 N–H and O–H groups in total. The second-order valence-corrected chi connectivity index (χ2v) is 7.51. The first-order chi connectivity index (χ1) is 15.1. The van der Waals surface area contributed by atoms with Crippen LogP contribution in [0, 0.1) is 11.7 Å². The third kappa shape index (κ3) is 5.79. The molecule has 0 saturated heterocycles. The Bertz CT molecular complexity index is 1020. The van der Waals surface area contributed by atoms with Gasteiger partial charge in [0.1, 0.15) is 11.6 Å². The number of ether oxygens (including phenoxy) is 2. The van der Waals surface area contributed by atoms with Crippen molar-refractivity contribution in [3.63, 3.8) is 0 Å². The minimum atomic E-state index is -4.82. The van der Waals surface area contributed by atoms with Crippen molar-refractivity contribution >= 4 is 23.5 Å². The second-order valence-electron chi connectivity index (χ2n) is 7.10. The standard InChI is InChI=1S/C22H18ClF4NO4/c1-31-21(30)19(17-9-5-14(24)11-18(17)23)13-2-6-15(10-13)28-20(29)12-3-7-16(8-4-12)32-22(25,26)27/h2-9,11,13,15,19H,10H2,1H3,(H,28,29). The molecule has 3 rings (SSSR count). The van der Waals surface area contributed by atoms with Gasteiger partial charge < -0.3 is 14.8 Å². The molecule has 32 heavy (non-hydrogen) atoms. The van der Waals surface area contributed by atoms with Gasteiger partial charge in [-0.1, -0.05) is 29.8 Å². The van der Waals surface area contributed by atoms with Crippen molar-refractivity contribution in [2.24, 2.45) is 5.92 Å². The van der Waals surface area contributed by atoms with Gasteiger partial charge in [0.05, 0.1) is 13.0 Å². The van der Waals surface area contributed by atoms with E-state index in [-0.39, 0.29) is 16.5 Å². The number of methoxy groups -OCH3 is 1. The summed E-state index contributed by atoms with van der Waals surface area (Å²) in [7, 11) is 1.23. The maximum absolute atomic E-state index is 13.4. The summed E-state index contributed by atoms with van der Waals surface area (Å²) in [4.78, 5) is 24.9. The summed E-state index contributed by atoms with van der Waals surface area (Å²) < 4.78 is 58.9. The summed E-state index contributed by atoms with van der Waals surface area (Å²) in [5.41, 5.74) is 0.546. The van der Waals surface area contributed by atoms with Gasteiger partial charge in [-0.25, -0.2) is 4.39 Å². The molecule has 5 nitrogen and oxygen atoms in total. The summed E-state index contributed by atoms with van der Waals surface area (Å²) in [6.45, 7) is 0. The highest BCUT2D eigenvalue weighted by atomic mass is 35.5. The van der Waals surface area contributed by atoms with E-state index in [4.69, 9.17) is 16.3 Å². The van der Waals surface area contributed by atoms with E-state index in [0.29, 0.717) is 12.0 Å². The van der Waals surface area contributed by atoms with Crippen LogP contribution in [0.15, 0.2) is 54.6 Å². The first-order valence-corrected chi connectivity index (χ1v) is 9.83. The Hall–Kier alpha value is -3.07. The van der Waals surface area contributed by atoms with Gasteiger partial charge in [0.15, 0.2) is 0 Å². The quantitative estimate of drug-likeness (QED) is 0.365. The first-order valence-electron chi connectivity index (χ1n) is 9.45. The fraction of sp³-hybridized carbons (Fsp3) is 0.273. The highest BCUT2D eigenvalue weighted by Gasteiger charge is 2.35. The predicted octanol–water partition coefficient (Wildman–Crippen LogP) is 5.01. The van der Waals surface area contributed by atoms with Crippen LogP contribution in [-0.2, 0) is 9.53 Å². The second kappa shape index (κ2) is 9.60. The molecule has 0 aliphatic heterocycles. The van der Waals surface area contributed by atoms with E-state index in [0.717, 1.165) is 18.2 Å². The number of nitrogens with one attached hydrogen (secondary N) is 1. The lowest BCUT2D eigenvalue weighted by atomic mass is 9.85. The summed E-state index contributed by atoms with van der Waals surface area (Å²) in [6, 6.07) is 7.79. The largest absolute Gasteiger partial charge is 0.573 e. The normalized spacial score (nSPS) is 18.8. The molecule has 0 saturated carbocycles. The van der Waals surface area contributed by atoms with Gasteiger partial charge in [-0.05, 0) is 54.3 Å². The van der Waals surface area contributed by atoms with Crippen molar-refractivity contribution in [3.8, 4) is 5.75 Å². The van der Waals surface area contributed by atoms with E-state index in [1.807, 2.05) is 0 Å². The van der Waals surface area contributed by atoms with Crippen molar-refractivity contribution in [2.75, 3.05) is 7.11 Å². The SMILES string of the molecule is COC(=O)C(c1ccc(F)cc1Cl)C1C=CC(NC(=O)c2ccc(OC(F)(F)F)cc2)C1. The van der Waals surface area contributed by atoms with Crippen molar-refractivity contribution in [2.45, 2.75) is 24.7 Å². The van der Waals surface area contributed by atoms with Crippen molar-refractivity contribution in [3.05, 3.63) is 76.6 Å². The lowest BCUT2D eigenvalue weighted by molar-refractivity contribution is -0.274. The Morgan fingerprint density at radius 3 is 2.41 bits per heavy atom. The number of halogens is 5. The van der Waals surface area contributed by atoms with E-state index in [1.165, 1.54) is 31.4 Å². The molecule has 170 valence electrons. The Morgan fingerprint density at radius 2 is 1.81 bits per heavy atom. The van der Waals surface area contributed by atoms with E-state index in [1.54, 1.807) is 12.2 Å². The van der Waals surface area contributed by atoms with Crippen LogP contribution in [0.2, 0.25) is 5.02 Å². The number of allylic oxidation sites excluding steroid dienone is 1. The molecule has 0 fully saturated rings. The van der Waals surface area contributed by atoms with Crippen LogP contribution >= 0.6 is 11.6 Å². The van der Waals surface area contributed by atoms with E-state index in [2.05, 4.69) is 10.1 Å². The van der Waals surface area contributed by atoms with Crippen LogP contribution in [0.4, 0.5) is 17.6 Å². The van der Waals surface area contributed by atoms with E-state index < -0.39 is 41.8 Å². The van der Waals surface area contributed by atoms with Crippen molar-refractivity contribution < 1.29 is 36.6 Å². The smallest absolute Gasteiger partial charge is 0.469 e. The maximum atomic E-state index is 13.4. The molecule has 0 spiro atoms. The molecule has 1 amide bonds. The number of rotatable bonds is 6. The van der Waals surface area contributed by atoms with Crippen LogP contribution < -0.4 is 10.1 Å². The van der Waals surface area contributed by atoms with Crippen molar-refractivity contribution in [1.82, 2.24) is 5.32 Å². The highest BCUT2D eigenvalue weighted by Crippen LogP contribution is 2.37. The molecular weight excluding hydrogens is 454 g/mol. The zero-order valence-electron chi connectivity index (χ0n) is 16.7. The molecule has 2 aromatic carbocycles. The monoisotopic (exact) mass is 471 g/mol. The fourth-order valence-corrected chi connectivity index (χ4v) is 3.84. The third-order valence-corrected chi connectivity index (χ3v) is 5.29. The van der Waals surface area contributed by atoms with E-state index in [9.17, 15) is 27.2 Å². The molecule has 2 aromatic rings. The molecule has 1 aliphatic carbocycles. The van der Waals surface area contributed by atoms with Crippen LogP contribution in [0.25, 0.3) is 0 Å². The van der Waals surface area contributed by atoms with Crippen molar-refractivity contribution in [1.29, 1.82) is 0 Å². The minimum absolute atomic E-state index is 0.0856. The molecule has 0 aromatic heterocycles.